The molecule has 162 valence electrons. The van der Waals surface area contributed by atoms with Crippen LogP contribution in [0.2, 0.25) is 10.0 Å². The van der Waals surface area contributed by atoms with E-state index >= 15 is 0 Å². The highest BCUT2D eigenvalue weighted by Crippen LogP contribution is 2.40. The normalized spacial score (nSPS) is 18.4. The standard InChI is InChI=1S/C20H19Cl2NO4.C3H8/c1-2-26-18(25)11-23-17(24)12-27-20(14-5-9-16(22)10-6-14)19(23)13-3-7-15(21)8-4-13;1-3-2/h3-10,19-20H,2,11-12H2,1H3;3H2,1-2H3. The molecule has 1 saturated heterocycles. The van der Waals surface area contributed by atoms with Crippen LogP contribution in [0.3, 0.4) is 0 Å². The minimum atomic E-state index is -0.492. The number of benzene rings is 2. The number of carbonyl (C=O) groups excluding carboxylic acids is 2. The van der Waals surface area contributed by atoms with Crippen molar-refractivity contribution in [2.75, 3.05) is 19.8 Å². The Morgan fingerprint density at radius 2 is 1.50 bits per heavy atom. The number of morpholine rings is 1. The van der Waals surface area contributed by atoms with Crippen LogP contribution in [-0.4, -0.2) is 36.5 Å². The van der Waals surface area contributed by atoms with E-state index in [9.17, 15) is 9.59 Å². The summed E-state index contributed by atoms with van der Waals surface area (Å²) in [4.78, 5) is 26.1. The lowest BCUT2D eigenvalue weighted by Gasteiger charge is -2.41. The van der Waals surface area contributed by atoms with Crippen molar-refractivity contribution in [3.63, 3.8) is 0 Å². The van der Waals surface area contributed by atoms with Crippen molar-refractivity contribution in [1.82, 2.24) is 4.90 Å². The van der Waals surface area contributed by atoms with Crippen molar-refractivity contribution < 1.29 is 19.1 Å². The van der Waals surface area contributed by atoms with Crippen molar-refractivity contribution in [3.8, 4) is 0 Å². The van der Waals surface area contributed by atoms with Gasteiger partial charge in [-0.2, -0.15) is 0 Å². The predicted octanol–water partition coefficient (Wildman–Crippen LogP) is 5.61. The van der Waals surface area contributed by atoms with Gasteiger partial charge in [-0.15, -0.1) is 0 Å². The number of rotatable bonds is 5. The van der Waals surface area contributed by atoms with Crippen LogP contribution < -0.4 is 0 Å². The number of halogens is 2. The summed E-state index contributed by atoms with van der Waals surface area (Å²) in [5, 5.41) is 1.19. The molecule has 0 N–H and O–H groups in total. The van der Waals surface area contributed by atoms with Crippen LogP contribution in [0.15, 0.2) is 48.5 Å². The number of hydrogen-bond acceptors (Lipinski definition) is 4. The number of esters is 1. The molecule has 2 atom stereocenters. The number of ether oxygens (including phenoxy) is 2. The van der Waals surface area contributed by atoms with Gasteiger partial charge in [-0.25, -0.2) is 0 Å². The highest BCUT2D eigenvalue weighted by atomic mass is 35.5. The first-order valence-electron chi connectivity index (χ1n) is 9.98. The van der Waals surface area contributed by atoms with E-state index in [1.807, 2.05) is 24.3 Å². The molecule has 2 aromatic carbocycles. The summed E-state index contributed by atoms with van der Waals surface area (Å²) in [7, 11) is 0. The van der Waals surface area contributed by atoms with Crippen molar-refractivity contribution in [2.45, 2.75) is 39.3 Å². The Labute approximate surface area is 187 Å². The fraction of sp³-hybridized carbons (Fsp3) is 0.391. The van der Waals surface area contributed by atoms with Crippen LogP contribution in [0.5, 0.6) is 0 Å². The predicted molar refractivity (Wildman–Crippen MR) is 119 cm³/mol. The molecule has 2 unspecified atom stereocenters. The van der Waals surface area contributed by atoms with Crippen molar-refractivity contribution in [1.29, 1.82) is 0 Å². The zero-order valence-electron chi connectivity index (χ0n) is 17.4. The maximum absolute atomic E-state index is 12.6. The summed E-state index contributed by atoms with van der Waals surface area (Å²) in [5.41, 5.74) is 1.68. The Morgan fingerprint density at radius 3 is 2.00 bits per heavy atom. The fourth-order valence-electron chi connectivity index (χ4n) is 3.13. The molecule has 1 aliphatic rings. The van der Waals surface area contributed by atoms with E-state index in [1.54, 1.807) is 31.2 Å². The third-order valence-corrected chi connectivity index (χ3v) is 4.85. The molecule has 2 aromatic rings. The third kappa shape index (κ3) is 6.46. The highest BCUT2D eigenvalue weighted by molar-refractivity contribution is 6.30. The van der Waals surface area contributed by atoms with Gasteiger partial charge in [0.1, 0.15) is 19.3 Å². The summed E-state index contributed by atoms with van der Waals surface area (Å²) in [6.07, 6.45) is 0.801. The maximum atomic E-state index is 12.6. The first-order chi connectivity index (χ1) is 14.4. The second kappa shape index (κ2) is 11.9. The third-order valence-electron chi connectivity index (χ3n) is 4.34. The molecule has 1 amide bonds. The Morgan fingerprint density at radius 1 is 1.00 bits per heavy atom. The lowest BCUT2D eigenvalue weighted by atomic mass is 9.92. The summed E-state index contributed by atoms with van der Waals surface area (Å²) in [6.45, 7) is 5.97. The molecule has 0 spiro atoms. The van der Waals surface area contributed by atoms with Crippen LogP contribution in [0.25, 0.3) is 0 Å². The molecule has 1 heterocycles. The molecule has 0 radical (unpaired) electrons. The Hall–Kier alpha value is -2.08. The van der Waals surface area contributed by atoms with Crippen LogP contribution in [-0.2, 0) is 19.1 Å². The van der Waals surface area contributed by atoms with E-state index in [1.165, 1.54) is 11.3 Å². The van der Waals surface area contributed by atoms with E-state index in [2.05, 4.69) is 13.8 Å². The smallest absolute Gasteiger partial charge is 0.325 e. The van der Waals surface area contributed by atoms with Gasteiger partial charge in [-0.3, -0.25) is 9.59 Å². The Kier molecular flexibility index (Phi) is 9.63. The lowest BCUT2D eigenvalue weighted by molar-refractivity contribution is -0.166. The zero-order valence-corrected chi connectivity index (χ0v) is 18.9. The minimum absolute atomic E-state index is 0.114. The summed E-state index contributed by atoms with van der Waals surface area (Å²) < 4.78 is 10.9. The van der Waals surface area contributed by atoms with Crippen molar-refractivity contribution >= 4 is 35.1 Å². The molecule has 0 saturated carbocycles. The number of carbonyl (C=O) groups is 2. The number of amides is 1. The Bertz CT molecular complexity index is 824. The average Bonchev–Trinajstić information content (AvgIpc) is 2.72. The number of nitrogens with zero attached hydrogens (tertiary/aromatic N) is 1. The topological polar surface area (TPSA) is 55.8 Å². The lowest BCUT2D eigenvalue weighted by Crippen LogP contribution is -2.48. The highest BCUT2D eigenvalue weighted by Gasteiger charge is 2.39. The second-order valence-electron chi connectivity index (χ2n) is 6.81. The maximum Gasteiger partial charge on any atom is 0.325 e. The van der Waals surface area contributed by atoms with Gasteiger partial charge < -0.3 is 14.4 Å². The molecular formula is C23H27Cl2NO4. The Balaban J connectivity index is 0.00000101. The summed E-state index contributed by atoms with van der Waals surface area (Å²) in [5.74, 6) is -0.727. The molecular weight excluding hydrogens is 425 g/mol. The average molecular weight is 452 g/mol. The first-order valence-corrected chi connectivity index (χ1v) is 10.7. The molecule has 0 aliphatic carbocycles. The molecule has 0 bridgehead atoms. The summed E-state index contributed by atoms with van der Waals surface area (Å²) in [6, 6.07) is 13.9. The van der Waals surface area contributed by atoms with Gasteiger partial charge in [0.2, 0.25) is 5.91 Å². The van der Waals surface area contributed by atoms with Crippen molar-refractivity contribution in [2.24, 2.45) is 0 Å². The quantitative estimate of drug-likeness (QED) is 0.553. The van der Waals surface area contributed by atoms with Crippen LogP contribution in [0.4, 0.5) is 0 Å². The van der Waals surface area contributed by atoms with Gasteiger partial charge in [0.15, 0.2) is 0 Å². The minimum Gasteiger partial charge on any atom is -0.465 e. The zero-order chi connectivity index (χ0) is 22.1. The van der Waals surface area contributed by atoms with Gasteiger partial charge in [-0.05, 0) is 42.3 Å². The van der Waals surface area contributed by atoms with Crippen LogP contribution in [0, 0.1) is 0 Å². The second-order valence-corrected chi connectivity index (χ2v) is 7.69. The molecule has 3 rings (SSSR count). The van der Waals surface area contributed by atoms with E-state index in [-0.39, 0.29) is 25.7 Å². The van der Waals surface area contributed by atoms with Crippen LogP contribution in [0.1, 0.15) is 50.5 Å². The van der Waals surface area contributed by atoms with Crippen molar-refractivity contribution in [3.05, 3.63) is 69.7 Å². The first kappa shape index (κ1) is 24.2. The summed E-state index contributed by atoms with van der Waals surface area (Å²) >= 11 is 12.0. The number of hydrogen-bond donors (Lipinski definition) is 0. The fourth-order valence-corrected chi connectivity index (χ4v) is 3.38. The van der Waals surface area contributed by atoms with Crippen LogP contribution >= 0.6 is 23.2 Å². The van der Waals surface area contributed by atoms with E-state index in [4.69, 9.17) is 32.7 Å². The van der Waals surface area contributed by atoms with Gasteiger partial charge >= 0.3 is 5.97 Å². The molecule has 1 aliphatic heterocycles. The largest absolute Gasteiger partial charge is 0.465 e. The SMILES string of the molecule is CCC.CCOC(=O)CN1C(=O)COC(c2ccc(Cl)cc2)C1c1ccc(Cl)cc1. The molecule has 1 fully saturated rings. The molecule has 0 aromatic heterocycles. The van der Waals surface area contributed by atoms with Gasteiger partial charge in [0.25, 0.3) is 0 Å². The monoisotopic (exact) mass is 451 g/mol. The van der Waals surface area contributed by atoms with E-state index < -0.39 is 18.1 Å². The van der Waals surface area contributed by atoms with E-state index in [0.717, 1.165) is 11.1 Å². The van der Waals surface area contributed by atoms with Gasteiger partial charge in [0, 0.05) is 10.0 Å². The molecule has 7 heteroatoms. The van der Waals surface area contributed by atoms with Gasteiger partial charge in [-0.1, -0.05) is 67.7 Å². The molecule has 5 nitrogen and oxygen atoms in total. The van der Waals surface area contributed by atoms with E-state index in [0.29, 0.717) is 10.0 Å². The van der Waals surface area contributed by atoms with Gasteiger partial charge in [0.05, 0.1) is 12.6 Å². The molecule has 30 heavy (non-hydrogen) atoms.